The molecule has 1 heterocycles. The number of hydrogen-bond donors (Lipinski definition) is 2. The molecule has 2 aromatic rings. The highest BCUT2D eigenvalue weighted by molar-refractivity contribution is 6.16. The van der Waals surface area contributed by atoms with Crippen LogP contribution in [0.25, 0.3) is 6.08 Å². The molecule has 2 aromatic carbocycles. The number of rotatable bonds is 4. The molecule has 6 heteroatoms. The molecule has 2 N–H and O–H groups in total. The summed E-state index contributed by atoms with van der Waals surface area (Å²) in [5.74, 6) is -0.943. The molecule has 144 valence electrons. The first-order chi connectivity index (χ1) is 13.2. The summed E-state index contributed by atoms with van der Waals surface area (Å²) < 4.78 is 0. The Labute approximate surface area is 164 Å². The van der Waals surface area contributed by atoms with Gasteiger partial charge in [0.25, 0.3) is 5.91 Å². The predicted octanol–water partition coefficient (Wildman–Crippen LogP) is 3.45. The van der Waals surface area contributed by atoms with E-state index < -0.39 is 17.8 Å². The van der Waals surface area contributed by atoms with E-state index in [1.165, 1.54) is 0 Å². The van der Waals surface area contributed by atoms with Gasteiger partial charge in [0.2, 0.25) is 5.91 Å². The van der Waals surface area contributed by atoms with E-state index in [2.05, 4.69) is 10.6 Å². The minimum atomic E-state index is -0.599. The minimum absolute atomic E-state index is 0.170. The molecular formula is C22H23N3O3. The van der Waals surface area contributed by atoms with Crippen LogP contribution in [0.5, 0.6) is 0 Å². The van der Waals surface area contributed by atoms with Gasteiger partial charge in [0, 0.05) is 5.69 Å². The van der Waals surface area contributed by atoms with Gasteiger partial charge in [0.1, 0.15) is 12.2 Å². The van der Waals surface area contributed by atoms with Crippen LogP contribution in [0.2, 0.25) is 0 Å². The average molecular weight is 377 g/mol. The van der Waals surface area contributed by atoms with Crippen LogP contribution in [-0.4, -0.2) is 29.3 Å². The summed E-state index contributed by atoms with van der Waals surface area (Å²) in [4.78, 5) is 38.1. The van der Waals surface area contributed by atoms with Crippen molar-refractivity contribution in [3.05, 3.63) is 69.9 Å². The second-order valence-electron chi connectivity index (χ2n) is 7.11. The van der Waals surface area contributed by atoms with Gasteiger partial charge in [0.05, 0.1) is 0 Å². The fraction of sp³-hybridized carbons (Fsp3) is 0.227. The SMILES string of the molecule is Cc1cccc(NC(=O)CN2C(=O)N/C(=C/c3c(C)cc(C)cc3C)C2=O)c1. The maximum atomic E-state index is 12.6. The lowest BCUT2D eigenvalue weighted by Crippen LogP contribution is -2.38. The predicted molar refractivity (Wildman–Crippen MR) is 109 cm³/mol. The first kappa shape index (κ1) is 19.4. The minimum Gasteiger partial charge on any atom is -0.325 e. The van der Waals surface area contributed by atoms with Crippen molar-refractivity contribution >= 4 is 29.6 Å². The standard InChI is InChI=1S/C22H23N3O3/c1-13-6-5-7-17(10-13)23-20(26)12-25-21(27)19(24-22(25)28)11-18-15(3)8-14(2)9-16(18)4/h5-11H,12H2,1-4H3,(H,23,26)(H,24,28)/b19-11+. The van der Waals surface area contributed by atoms with Crippen molar-refractivity contribution in [2.45, 2.75) is 27.7 Å². The van der Waals surface area contributed by atoms with E-state index in [-0.39, 0.29) is 12.2 Å². The normalized spacial score (nSPS) is 15.1. The number of nitrogens with zero attached hydrogens (tertiary/aromatic N) is 1. The number of benzene rings is 2. The van der Waals surface area contributed by atoms with E-state index in [9.17, 15) is 14.4 Å². The average Bonchev–Trinajstić information content (AvgIpc) is 2.85. The quantitative estimate of drug-likeness (QED) is 0.633. The Kier molecular flexibility index (Phi) is 5.31. The topological polar surface area (TPSA) is 78.5 Å². The van der Waals surface area contributed by atoms with Gasteiger partial charge in [-0.2, -0.15) is 0 Å². The molecule has 0 atom stereocenters. The van der Waals surface area contributed by atoms with Gasteiger partial charge in [0.15, 0.2) is 0 Å². The van der Waals surface area contributed by atoms with Crippen molar-refractivity contribution < 1.29 is 14.4 Å². The molecule has 0 bridgehead atoms. The highest BCUT2D eigenvalue weighted by Gasteiger charge is 2.35. The van der Waals surface area contributed by atoms with E-state index in [0.717, 1.165) is 32.7 Å². The molecule has 0 spiro atoms. The van der Waals surface area contributed by atoms with Crippen LogP contribution in [0.1, 0.15) is 27.8 Å². The molecule has 6 nitrogen and oxygen atoms in total. The number of carbonyl (C=O) groups is 3. The van der Waals surface area contributed by atoms with Gasteiger partial charge in [-0.05, 0) is 68.2 Å². The number of nitrogens with one attached hydrogen (secondary N) is 2. The summed E-state index contributed by atoms with van der Waals surface area (Å²) in [6.45, 7) is 7.50. The highest BCUT2D eigenvalue weighted by Crippen LogP contribution is 2.21. The summed E-state index contributed by atoms with van der Waals surface area (Å²) in [5, 5.41) is 5.28. The van der Waals surface area contributed by atoms with Gasteiger partial charge in [-0.15, -0.1) is 0 Å². The molecule has 0 radical (unpaired) electrons. The van der Waals surface area contributed by atoms with Crippen LogP contribution < -0.4 is 10.6 Å². The van der Waals surface area contributed by atoms with E-state index in [1.54, 1.807) is 12.1 Å². The smallest absolute Gasteiger partial charge is 0.325 e. The summed E-state index contributed by atoms with van der Waals surface area (Å²) in [5.41, 5.74) is 5.85. The molecule has 1 aliphatic heterocycles. The fourth-order valence-corrected chi connectivity index (χ4v) is 3.35. The third kappa shape index (κ3) is 4.11. The zero-order valence-corrected chi connectivity index (χ0v) is 16.4. The molecule has 28 heavy (non-hydrogen) atoms. The second kappa shape index (κ2) is 7.68. The van der Waals surface area contributed by atoms with Crippen LogP contribution in [0.3, 0.4) is 0 Å². The molecule has 1 fully saturated rings. The number of aryl methyl sites for hydroxylation is 4. The molecule has 1 aliphatic rings. The Balaban J connectivity index is 1.76. The number of carbonyl (C=O) groups excluding carboxylic acids is 3. The van der Waals surface area contributed by atoms with Gasteiger partial charge in [-0.1, -0.05) is 29.8 Å². The van der Waals surface area contributed by atoms with Gasteiger partial charge < -0.3 is 10.6 Å². The Morgan fingerprint density at radius 2 is 1.71 bits per heavy atom. The number of hydrogen-bond acceptors (Lipinski definition) is 3. The summed E-state index contributed by atoms with van der Waals surface area (Å²) in [7, 11) is 0. The van der Waals surface area contributed by atoms with Crippen molar-refractivity contribution in [1.29, 1.82) is 0 Å². The monoisotopic (exact) mass is 377 g/mol. The number of urea groups is 1. The zero-order chi connectivity index (χ0) is 20.4. The van der Waals surface area contributed by atoms with Crippen molar-refractivity contribution in [3.8, 4) is 0 Å². The van der Waals surface area contributed by atoms with Crippen molar-refractivity contribution in [1.82, 2.24) is 10.2 Å². The Morgan fingerprint density at radius 3 is 2.36 bits per heavy atom. The van der Waals surface area contributed by atoms with Crippen LogP contribution in [-0.2, 0) is 9.59 Å². The molecule has 3 rings (SSSR count). The van der Waals surface area contributed by atoms with E-state index >= 15 is 0 Å². The van der Waals surface area contributed by atoms with E-state index in [1.807, 2.05) is 58.0 Å². The summed E-state index contributed by atoms with van der Waals surface area (Å²) in [6, 6.07) is 10.8. The fourth-order valence-electron chi connectivity index (χ4n) is 3.35. The van der Waals surface area contributed by atoms with Crippen LogP contribution in [0, 0.1) is 27.7 Å². The first-order valence-electron chi connectivity index (χ1n) is 9.03. The third-order valence-electron chi connectivity index (χ3n) is 4.59. The Morgan fingerprint density at radius 1 is 1.04 bits per heavy atom. The lowest BCUT2D eigenvalue weighted by molar-refractivity contribution is -0.127. The van der Waals surface area contributed by atoms with E-state index in [4.69, 9.17) is 0 Å². The largest absolute Gasteiger partial charge is 0.329 e. The number of imide groups is 1. The molecule has 0 unspecified atom stereocenters. The molecule has 0 aromatic heterocycles. The first-order valence-corrected chi connectivity index (χ1v) is 9.03. The molecule has 0 aliphatic carbocycles. The van der Waals surface area contributed by atoms with Crippen molar-refractivity contribution in [2.75, 3.05) is 11.9 Å². The third-order valence-corrected chi connectivity index (χ3v) is 4.59. The molecule has 0 saturated carbocycles. The summed E-state index contributed by atoms with van der Waals surface area (Å²) >= 11 is 0. The highest BCUT2D eigenvalue weighted by atomic mass is 16.2. The molecule has 1 saturated heterocycles. The van der Waals surface area contributed by atoms with Crippen LogP contribution >= 0.6 is 0 Å². The van der Waals surface area contributed by atoms with Gasteiger partial charge in [-0.3, -0.25) is 9.59 Å². The van der Waals surface area contributed by atoms with Crippen LogP contribution in [0.4, 0.5) is 10.5 Å². The Bertz CT molecular complexity index is 985. The number of amides is 4. The van der Waals surface area contributed by atoms with Gasteiger partial charge >= 0.3 is 6.03 Å². The lowest BCUT2D eigenvalue weighted by atomic mass is 9.99. The second-order valence-corrected chi connectivity index (χ2v) is 7.11. The van der Waals surface area contributed by atoms with Crippen molar-refractivity contribution in [2.24, 2.45) is 0 Å². The van der Waals surface area contributed by atoms with Crippen LogP contribution in [0.15, 0.2) is 42.1 Å². The zero-order valence-electron chi connectivity index (χ0n) is 16.4. The summed E-state index contributed by atoms with van der Waals surface area (Å²) in [6.07, 6.45) is 1.67. The maximum Gasteiger partial charge on any atom is 0.329 e. The number of anilines is 1. The molecular weight excluding hydrogens is 354 g/mol. The Hall–Kier alpha value is -3.41. The maximum absolute atomic E-state index is 12.6. The van der Waals surface area contributed by atoms with Gasteiger partial charge in [-0.25, -0.2) is 9.69 Å². The van der Waals surface area contributed by atoms with Crippen molar-refractivity contribution in [3.63, 3.8) is 0 Å². The molecule has 4 amide bonds. The van der Waals surface area contributed by atoms with E-state index in [0.29, 0.717) is 5.69 Å². The lowest BCUT2D eigenvalue weighted by Gasteiger charge is -2.12.